The van der Waals surface area contributed by atoms with Crippen LogP contribution in [-0.4, -0.2) is 43.2 Å². The molecule has 130 valence electrons. The summed E-state index contributed by atoms with van der Waals surface area (Å²) in [5.41, 5.74) is 1.12. The highest BCUT2D eigenvalue weighted by Gasteiger charge is 2.26. The number of aryl methyl sites for hydroxylation is 2. The first kappa shape index (κ1) is 16.7. The molecule has 3 rings (SSSR count). The normalized spacial score (nSPS) is 18.3. The zero-order chi connectivity index (χ0) is 17.1. The standard InChI is InChI=1S/C18H27N5O/c1-14(2)18-19-8-10-23(18)16-5-4-9-22(13-16)17(24)7-6-15-11-20-21(3)12-15/h8,10-12,14,16H,4-7,9,13H2,1-3H3. The molecule has 0 saturated carbocycles. The second kappa shape index (κ2) is 7.20. The first-order valence-corrected chi connectivity index (χ1v) is 8.82. The summed E-state index contributed by atoms with van der Waals surface area (Å²) in [5.74, 6) is 1.76. The molecule has 6 nitrogen and oxygen atoms in total. The maximum Gasteiger partial charge on any atom is 0.222 e. The molecule has 0 spiro atoms. The van der Waals surface area contributed by atoms with Crippen LogP contribution in [0.1, 0.15) is 56.5 Å². The third kappa shape index (κ3) is 3.68. The fourth-order valence-corrected chi connectivity index (χ4v) is 3.50. The Morgan fingerprint density at radius 2 is 2.25 bits per heavy atom. The molecule has 1 aliphatic rings. The van der Waals surface area contributed by atoms with Crippen LogP contribution in [0, 0.1) is 0 Å². The minimum Gasteiger partial charge on any atom is -0.341 e. The monoisotopic (exact) mass is 329 g/mol. The number of imidazole rings is 1. The summed E-state index contributed by atoms with van der Waals surface area (Å²) in [6.45, 7) is 5.99. The van der Waals surface area contributed by atoms with Gasteiger partial charge in [0.25, 0.3) is 0 Å². The molecule has 2 aromatic rings. The summed E-state index contributed by atoms with van der Waals surface area (Å²) in [5, 5.41) is 4.16. The molecule has 3 heterocycles. The van der Waals surface area contributed by atoms with E-state index in [1.165, 1.54) is 0 Å². The lowest BCUT2D eigenvalue weighted by molar-refractivity contribution is -0.132. The summed E-state index contributed by atoms with van der Waals surface area (Å²) in [7, 11) is 1.90. The lowest BCUT2D eigenvalue weighted by Crippen LogP contribution is -2.41. The number of carbonyl (C=O) groups excluding carboxylic acids is 1. The highest BCUT2D eigenvalue weighted by molar-refractivity contribution is 5.76. The Balaban J connectivity index is 1.60. The lowest BCUT2D eigenvalue weighted by atomic mass is 10.0. The molecular formula is C18H27N5O. The number of amides is 1. The fourth-order valence-electron chi connectivity index (χ4n) is 3.50. The molecule has 0 N–H and O–H groups in total. The number of hydrogen-bond acceptors (Lipinski definition) is 3. The van der Waals surface area contributed by atoms with Gasteiger partial charge in [0.15, 0.2) is 0 Å². The predicted octanol–water partition coefficient (Wildman–Crippen LogP) is 2.54. The molecule has 0 bridgehead atoms. The van der Waals surface area contributed by atoms with E-state index in [2.05, 4.69) is 34.7 Å². The van der Waals surface area contributed by atoms with Crippen molar-refractivity contribution in [3.8, 4) is 0 Å². The van der Waals surface area contributed by atoms with Gasteiger partial charge >= 0.3 is 0 Å². The van der Waals surface area contributed by atoms with Crippen molar-refractivity contribution in [1.29, 1.82) is 0 Å². The van der Waals surface area contributed by atoms with Gasteiger partial charge in [-0.05, 0) is 24.8 Å². The van der Waals surface area contributed by atoms with Gasteiger partial charge in [-0.25, -0.2) is 4.98 Å². The Kier molecular flexibility index (Phi) is 5.02. The lowest BCUT2D eigenvalue weighted by Gasteiger charge is -2.34. The van der Waals surface area contributed by atoms with Crippen LogP contribution in [0.4, 0.5) is 0 Å². The molecule has 1 saturated heterocycles. The van der Waals surface area contributed by atoms with E-state index < -0.39 is 0 Å². The average Bonchev–Trinajstić information content (AvgIpc) is 3.21. The van der Waals surface area contributed by atoms with Gasteiger partial charge in [0, 0.05) is 51.1 Å². The van der Waals surface area contributed by atoms with Gasteiger partial charge in [-0.1, -0.05) is 13.8 Å². The van der Waals surface area contributed by atoms with Gasteiger partial charge < -0.3 is 9.47 Å². The molecule has 6 heteroatoms. The Hall–Kier alpha value is -2.11. The van der Waals surface area contributed by atoms with E-state index in [1.54, 1.807) is 4.68 Å². The van der Waals surface area contributed by atoms with E-state index in [0.717, 1.165) is 43.7 Å². The van der Waals surface area contributed by atoms with Crippen LogP contribution in [0.5, 0.6) is 0 Å². The Morgan fingerprint density at radius 3 is 2.96 bits per heavy atom. The molecular weight excluding hydrogens is 302 g/mol. The summed E-state index contributed by atoms with van der Waals surface area (Å²) < 4.78 is 4.05. The molecule has 24 heavy (non-hydrogen) atoms. The van der Waals surface area contributed by atoms with E-state index in [0.29, 0.717) is 18.4 Å². The average molecular weight is 329 g/mol. The van der Waals surface area contributed by atoms with Gasteiger partial charge in [0.2, 0.25) is 5.91 Å². The quantitative estimate of drug-likeness (QED) is 0.847. The van der Waals surface area contributed by atoms with Crippen molar-refractivity contribution in [1.82, 2.24) is 24.2 Å². The minimum absolute atomic E-state index is 0.245. The maximum atomic E-state index is 12.6. The van der Waals surface area contributed by atoms with Crippen molar-refractivity contribution in [3.05, 3.63) is 36.2 Å². The van der Waals surface area contributed by atoms with E-state index >= 15 is 0 Å². The second-order valence-electron chi connectivity index (χ2n) is 7.01. The predicted molar refractivity (Wildman–Crippen MR) is 92.7 cm³/mol. The van der Waals surface area contributed by atoms with Crippen LogP contribution in [0.15, 0.2) is 24.8 Å². The van der Waals surface area contributed by atoms with Crippen LogP contribution in [0.2, 0.25) is 0 Å². The second-order valence-corrected chi connectivity index (χ2v) is 7.01. The van der Waals surface area contributed by atoms with E-state index in [-0.39, 0.29) is 5.91 Å². The number of hydrogen-bond donors (Lipinski definition) is 0. The van der Waals surface area contributed by atoms with Crippen molar-refractivity contribution >= 4 is 5.91 Å². The SMILES string of the molecule is CC(C)c1nccn1C1CCCN(C(=O)CCc2cnn(C)c2)C1. The number of aromatic nitrogens is 4. The third-order valence-corrected chi connectivity index (χ3v) is 4.74. The summed E-state index contributed by atoms with van der Waals surface area (Å²) in [4.78, 5) is 19.1. The first-order valence-electron chi connectivity index (χ1n) is 8.82. The Bertz CT molecular complexity index is 687. The molecule has 0 aliphatic carbocycles. The molecule has 2 aromatic heterocycles. The van der Waals surface area contributed by atoms with E-state index in [9.17, 15) is 4.79 Å². The van der Waals surface area contributed by atoms with Crippen molar-refractivity contribution < 1.29 is 4.79 Å². The largest absolute Gasteiger partial charge is 0.341 e. The molecule has 1 atom stereocenters. The summed E-state index contributed by atoms with van der Waals surface area (Å²) in [6.07, 6.45) is 11.2. The zero-order valence-corrected chi connectivity index (χ0v) is 14.9. The number of likely N-dealkylation sites (tertiary alicyclic amines) is 1. The van der Waals surface area contributed by atoms with Gasteiger partial charge in [0.1, 0.15) is 5.82 Å². The topological polar surface area (TPSA) is 56.0 Å². The van der Waals surface area contributed by atoms with Gasteiger partial charge in [0.05, 0.1) is 12.2 Å². The van der Waals surface area contributed by atoms with Gasteiger partial charge in [-0.2, -0.15) is 5.10 Å². The number of piperidine rings is 1. The molecule has 0 aromatic carbocycles. The molecule has 1 unspecified atom stereocenters. The smallest absolute Gasteiger partial charge is 0.222 e. The number of nitrogens with zero attached hydrogens (tertiary/aromatic N) is 5. The van der Waals surface area contributed by atoms with E-state index in [4.69, 9.17) is 0 Å². The molecule has 0 radical (unpaired) electrons. The highest BCUT2D eigenvalue weighted by Crippen LogP contribution is 2.26. The maximum absolute atomic E-state index is 12.6. The third-order valence-electron chi connectivity index (χ3n) is 4.74. The summed E-state index contributed by atoms with van der Waals surface area (Å²) >= 11 is 0. The number of rotatable bonds is 5. The molecule has 1 amide bonds. The van der Waals surface area contributed by atoms with Crippen molar-refractivity contribution in [2.75, 3.05) is 13.1 Å². The molecule has 1 aliphatic heterocycles. The van der Waals surface area contributed by atoms with Crippen LogP contribution in [0.25, 0.3) is 0 Å². The van der Waals surface area contributed by atoms with Gasteiger partial charge in [-0.15, -0.1) is 0 Å². The fraction of sp³-hybridized carbons (Fsp3) is 0.611. The van der Waals surface area contributed by atoms with Crippen LogP contribution < -0.4 is 0 Å². The zero-order valence-electron chi connectivity index (χ0n) is 14.9. The van der Waals surface area contributed by atoms with Crippen molar-refractivity contribution in [2.45, 2.75) is 51.5 Å². The highest BCUT2D eigenvalue weighted by atomic mass is 16.2. The Labute approximate surface area is 143 Å². The van der Waals surface area contributed by atoms with Gasteiger partial charge in [-0.3, -0.25) is 9.48 Å². The summed E-state index contributed by atoms with van der Waals surface area (Å²) in [6, 6.07) is 0.348. The van der Waals surface area contributed by atoms with Crippen molar-refractivity contribution in [3.63, 3.8) is 0 Å². The minimum atomic E-state index is 0.245. The van der Waals surface area contributed by atoms with Crippen LogP contribution in [0.3, 0.4) is 0 Å². The Morgan fingerprint density at radius 1 is 1.42 bits per heavy atom. The van der Waals surface area contributed by atoms with Crippen LogP contribution >= 0.6 is 0 Å². The van der Waals surface area contributed by atoms with Crippen LogP contribution in [-0.2, 0) is 18.3 Å². The molecule has 1 fully saturated rings. The van der Waals surface area contributed by atoms with E-state index in [1.807, 2.05) is 30.5 Å². The van der Waals surface area contributed by atoms with Crippen molar-refractivity contribution in [2.24, 2.45) is 7.05 Å². The number of carbonyl (C=O) groups is 1. The first-order chi connectivity index (χ1) is 11.5.